The Bertz CT molecular complexity index is 1860. The minimum atomic E-state index is -0.207. The number of aromatic amines is 1. The molecule has 7 rings (SSSR count). The molecular formula is C29H26N8O2. The molecule has 5 heterocycles. The van der Waals surface area contributed by atoms with Crippen LogP contribution in [-0.2, 0) is 13.7 Å². The maximum Gasteiger partial charge on any atom is 0.244 e. The first kappa shape index (κ1) is 23.2. The fourth-order valence-electron chi connectivity index (χ4n) is 5.23. The van der Waals surface area contributed by atoms with Crippen LogP contribution in [0.25, 0.3) is 17.0 Å². The highest BCUT2D eigenvalue weighted by Gasteiger charge is 2.37. The molecule has 0 amide bonds. The lowest BCUT2D eigenvalue weighted by atomic mass is 9.86. The van der Waals surface area contributed by atoms with Crippen LogP contribution in [0.4, 0.5) is 0 Å². The standard InChI is InChI=1S/C29H26N8O2/c1-16-8-9-22(17(2)10-16)38-14-19-6-5-7-20(11-19)26-32-27-25-24(21-12-31-36(4)13-21)23-18(3)33-34-29(23)39-28(25)30-15-37(27)35-26/h5-13,15,24H,14H2,1-4H3,(H,33,34)/t24-/m0/s1. The summed E-state index contributed by atoms with van der Waals surface area (Å²) in [5.74, 6) is 2.25. The molecule has 0 saturated heterocycles. The van der Waals surface area contributed by atoms with E-state index >= 15 is 0 Å². The van der Waals surface area contributed by atoms with Crippen molar-refractivity contribution in [3.8, 4) is 28.9 Å². The van der Waals surface area contributed by atoms with Gasteiger partial charge in [-0.15, -0.1) is 10.2 Å². The van der Waals surface area contributed by atoms with Gasteiger partial charge in [0.25, 0.3) is 0 Å². The fraction of sp³-hybridized carbons (Fsp3) is 0.207. The van der Waals surface area contributed by atoms with Gasteiger partial charge in [0.2, 0.25) is 11.8 Å². The van der Waals surface area contributed by atoms with Gasteiger partial charge in [0.05, 0.1) is 17.7 Å². The number of nitrogens with zero attached hydrogens (tertiary/aromatic N) is 7. The molecule has 2 aromatic carbocycles. The molecule has 1 aliphatic rings. The van der Waals surface area contributed by atoms with E-state index in [1.807, 2.05) is 50.6 Å². The van der Waals surface area contributed by atoms with E-state index in [2.05, 4.69) is 52.3 Å². The molecule has 194 valence electrons. The number of ether oxygens (including phenoxy) is 2. The van der Waals surface area contributed by atoms with Gasteiger partial charge in [-0.05, 0) is 44.0 Å². The maximum atomic E-state index is 6.11. The summed E-state index contributed by atoms with van der Waals surface area (Å²) in [4.78, 5) is 9.56. The van der Waals surface area contributed by atoms with E-state index < -0.39 is 0 Å². The minimum Gasteiger partial charge on any atom is -0.489 e. The van der Waals surface area contributed by atoms with Crippen molar-refractivity contribution >= 4 is 5.65 Å². The van der Waals surface area contributed by atoms with E-state index in [-0.39, 0.29) is 5.92 Å². The number of benzene rings is 2. The zero-order valence-electron chi connectivity index (χ0n) is 22.0. The third-order valence-electron chi connectivity index (χ3n) is 7.09. The molecule has 0 unspecified atom stereocenters. The van der Waals surface area contributed by atoms with Crippen LogP contribution in [0.1, 0.15) is 45.0 Å². The van der Waals surface area contributed by atoms with Crippen molar-refractivity contribution in [1.82, 2.24) is 39.6 Å². The van der Waals surface area contributed by atoms with Gasteiger partial charge in [-0.1, -0.05) is 35.9 Å². The van der Waals surface area contributed by atoms with Crippen LogP contribution in [0.2, 0.25) is 0 Å². The van der Waals surface area contributed by atoms with Crippen LogP contribution in [0, 0.1) is 20.8 Å². The Morgan fingerprint density at radius 3 is 2.77 bits per heavy atom. The zero-order valence-corrected chi connectivity index (χ0v) is 22.0. The van der Waals surface area contributed by atoms with Crippen LogP contribution in [-0.4, -0.2) is 39.6 Å². The number of aromatic nitrogens is 8. The largest absolute Gasteiger partial charge is 0.489 e. The van der Waals surface area contributed by atoms with Crippen LogP contribution in [0.3, 0.4) is 0 Å². The molecule has 1 aliphatic heterocycles. The van der Waals surface area contributed by atoms with E-state index in [1.165, 1.54) is 5.56 Å². The van der Waals surface area contributed by atoms with Gasteiger partial charge >= 0.3 is 0 Å². The molecule has 10 heteroatoms. The summed E-state index contributed by atoms with van der Waals surface area (Å²) in [5.41, 5.74) is 8.62. The fourth-order valence-corrected chi connectivity index (χ4v) is 5.23. The number of aryl methyl sites for hydroxylation is 4. The molecule has 0 saturated carbocycles. The molecule has 4 aromatic heterocycles. The molecule has 0 fully saturated rings. The second kappa shape index (κ2) is 8.80. The number of hydrogen-bond donors (Lipinski definition) is 1. The number of hydrogen-bond acceptors (Lipinski definition) is 7. The first-order valence-electron chi connectivity index (χ1n) is 12.7. The van der Waals surface area contributed by atoms with Crippen molar-refractivity contribution in [2.24, 2.45) is 7.05 Å². The molecule has 1 N–H and O–H groups in total. The summed E-state index contributed by atoms with van der Waals surface area (Å²) in [7, 11) is 1.90. The van der Waals surface area contributed by atoms with Crippen molar-refractivity contribution < 1.29 is 9.47 Å². The maximum absolute atomic E-state index is 6.11. The number of H-pyrrole nitrogens is 1. The Balaban J connectivity index is 1.28. The monoisotopic (exact) mass is 518 g/mol. The van der Waals surface area contributed by atoms with Crippen LogP contribution < -0.4 is 9.47 Å². The van der Waals surface area contributed by atoms with Crippen molar-refractivity contribution in [2.45, 2.75) is 33.3 Å². The molecular weight excluding hydrogens is 492 g/mol. The normalized spacial score (nSPS) is 14.2. The second-order valence-corrected chi connectivity index (χ2v) is 9.97. The van der Waals surface area contributed by atoms with Crippen LogP contribution in [0.15, 0.2) is 61.2 Å². The summed E-state index contributed by atoms with van der Waals surface area (Å²) in [5, 5.41) is 16.6. The summed E-state index contributed by atoms with van der Waals surface area (Å²) >= 11 is 0. The number of rotatable bonds is 5. The van der Waals surface area contributed by atoms with Gasteiger partial charge in [-0.25, -0.2) is 14.5 Å². The van der Waals surface area contributed by atoms with Gasteiger partial charge in [0.1, 0.15) is 18.7 Å². The predicted molar refractivity (Wildman–Crippen MR) is 144 cm³/mol. The van der Waals surface area contributed by atoms with E-state index in [1.54, 1.807) is 15.5 Å². The molecule has 39 heavy (non-hydrogen) atoms. The Morgan fingerprint density at radius 1 is 1.05 bits per heavy atom. The van der Waals surface area contributed by atoms with E-state index in [9.17, 15) is 0 Å². The summed E-state index contributed by atoms with van der Waals surface area (Å²) in [6.45, 7) is 6.57. The molecule has 0 aliphatic carbocycles. The first-order valence-corrected chi connectivity index (χ1v) is 12.7. The Labute approximate surface area is 224 Å². The summed E-state index contributed by atoms with van der Waals surface area (Å²) in [6.07, 6.45) is 5.48. The van der Waals surface area contributed by atoms with Crippen LogP contribution >= 0.6 is 0 Å². The topological polar surface area (TPSA) is 108 Å². The molecule has 1 atom stereocenters. The van der Waals surface area contributed by atoms with Gasteiger partial charge in [0.15, 0.2) is 11.5 Å². The van der Waals surface area contributed by atoms with Crippen molar-refractivity contribution in [2.75, 3.05) is 0 Å². The lowest BCUT2D eigenvalue weighted by Gasteiger charge is -2.24. The van der Waals surface area contributed by atoms with Crippen LogP contribution in [0.5, 0.6) is 17.5 Å². The van der Waals surface area contributed by atoms with Gasteiger partial charge < -0.3 is 9.47 Å². The molecule has 0 radical (unpaired) electrons. The molecule has 0 spiro atoms. The average molecular weight is 519 g/mol. The SMILES string of the molecule is Cc1ccc(OCc2cccc(-c3nc4c5c(ncn4n3)Oc3n[nH]c(C)c3[C@@H]5c3cnn(C)c3)c2)c(C)c1. The Hall–Kier alpha value is -4.99. The average Bonchev–Trinajstić information content (AvgIpc) is 3.65. The van der Waals surface area contributed by atoms with Crippen molar-refractivity contribution in [1.29, 1.82) is 0 Å². The summed E-state index contributed by atoms with van der Waals surface area (Å²) < 4.78 is 15.7. The first-order chi connectivity index (χ1) is 18.9. The Morgan fingerprint density at radius 2 is 1.95 bits per heavy atom. The predicted octanol–water partition coefficient (Wildman–Crippen LogP) is 5.04. The van der Waals surface area contributed by atoms with Gasteiger partial charge in [-0.3, -0.25) is 9.78 Å². The molecule has 0 bridgehead atoms. The van der Waals surface area contributed by atoms with Gasteiger partial charge in [-0.2, -0.15) is 5.10 Å². The lowest BCUT2D eigenvalue weighted by Crippen LogP contribution is -2.14. The smallest absolute Gasteiger partial charge is 0.244 e. The third kappa shape index (κ3) is 3.92. The van der Waals surface area contributed by atoms with E-state index in [4.69, 9.17) is 19.6 Å². The highest BCUT2D eigenvalue weighted by atomic mass is 16.5. The van der Waals surface area contributed by atoms with Crippen molar-refractivity contribution in [3.63, 3.8) is 0 Å². The second-order valence-electron chi connectivity index (χ2n) is 9.97. The minimum absolute atomic E-state index is 0.207. The van der Waals surface area contributed by atoms with Gasteiger partial charge in [0, 0.05) is 35.6 Å². The van der Waals surface area contributed by atoms with Crippen molar-refractivity contribution in [3.05, 3.63) is 100 Å². The molecule has 6 aromatic rings. The molecule has 10 nitrogen and oxygen atoms in total. The lowest BCUT2D eigenvalue weighted by molar-refractivity contribution is 0.304. The third-order valence-corrected chi connectivity index (χ3v) is 7.09. The van der Waals surface area contributed by atoms with E-state index in [0.29, 0.717) is 29.8 Å². The number of fused-ring (bicyclic) bond motifs is 4. The highest BCUT2D eigenvalue weighted by molar-refractivity contribution is 5.68. The van der Waals surface area contributed by atoms with E-state index in [0.717, 1.165) is 44.8 Å². The Kier molecular flexibility index (Phi) is 5.22. The zero-order chi connectivity index (χ0) is 26.7. The highest BCUT2D eigenvalue weighted by Crippen LogP contribution is 2.48. The quantitative estimate of drug-likeness (QED) is 0.340. The number of nitrogens with one attached hydrogen (secondary N) is 1. The summed E-state index contributed by atoms with van der Waals surface area (Å²) in [6, 6.07) is 14.3.